The SMILES string of the molecule is CC1(C)c2cc3ccccc3cc2-c2c1c1ccc(N(c3ccccc3)c3ccc(F)cc3)cc1c1ccccc21. The molecule has 1 nitrogen and oxygen atoms in total. The summed E-state index contributed by atoms with van der Waals surface area (Å²) < 4.78 is 13.9. The van der Waals surface area contributed by atoms with Crippen LogP contribution in [0.4, 0.5) is 21.5 Å². The van der Waals surface area contributed by atoms with Gasteiger partial charge in [-0.1, -0.05) is 86.6 Å². The molecule has 0 amide bonds. The van der Waals surface area contributed by atoms with Gasteiger partial charge in [0.25, 0.3) is 0 Å². The minimum absolute atomic E-state index is 0.158. The van der Waals surface area contributed by atoms with Gasteiger partial charge in [-0.3, -0.25) is 0 Å². The first-order valence-electron chi connectivity index (χ1n) is 14.1. The summed E-state index contributed by atoms with van der Waals surface area (Å²) in [6.45, 7) is 4.73. The topological polar surface area (TPSA) is 3.24 Å². The van der Waals surface area contributed by atoms with E-state index >= 15 is 0 Å². The molecule has 0 aliphatic heterocycles. The van der Waals surface area contributed by atoms with E-state index in [0.717, 1.165) is 17.1 Å². The van der Waals surface area contributed by atoms with Crippen molar-refractivity contribution in [2.24, 2.45) is 0 Å². The smallest absolute Gasteiger partial charge is 0.123 e. The van der Waals surface area contributed by atoms with Gasteiger partial charge in [0, 0.05) is 22.5 Å². The summed E-state index contributed by atoms with van der Waals surface area (Å²) in [6, 6.07) is 46.1. The molecule has 0 saturated heterocycles. The number of anilines is 3. The van der Waals surface area contributed by atoms with Gasteiger partial charge < -0.3 is 4.90 Å². The summed E-state index contributed by atoms with van der Waals surface area (Å²) >= 11 is 0. The summed E-state index contributed by atoms with van der Waals surface area (Å²) in [4.78, 5) is 2.20. The number of fused-ring (bicyclic) bond motifs is 9. The minimum Gasteiger partial charge on any atom is -0.310 e. The Kier molecular flexibility index (Phi) is 5.11. The van der Waals surface area contributed by atoms with E-state index in [0.29, 0.717) is 0 Å². The van der Waals surface area contributed by atoms with Gasteiger partial charge in [0.2, 0.25) is 0 Å². The quantitative estimate of drug-likeness (QED) is 0.206. The van der Waals surface area contributed by atoms with E-state index in [4.69, 9.17) is 0 Å². The van der Waals surface area contributed by atoms with Crippen molar-refractivity contribution in [1.29, 1.82) is 0 Å². The Bertz CT molecular complexity index is 2120. The van der Waals surface area contributed by atoms with Crippen molar-refractivity contribution < 1.29 is 4.39 Å². The molecule has 0 aromatic heterocycles. The van der Waals surface area contributed by atoms with E-state index in [1.165, 1.54) is 66.7 Å². The number of rotatable bonds is 3. The number of nitrogens with zero attached hydrogens (tertiary/aromatic N) is 1. The first-order valence-corrected chi connectivity index (χ1v) is 14.1. The van der Waals surface area contributed by atoms with Crippen molar-refractivity contribution in [3.05, 3.63) is 150 Å². The van der Waals surface area contributed by atoms with E-state index in [1.807, 2.05) is 30.3 Å². The lowest BCUT2D eigenvalue weighted by Crippen LogP contribution is -2.16. The molecule has 196 valence electrons. The molecule has 1 aliphatic rings. The maximum Gasteiger partial charge on any atom is 0.123 e. The maximum absolute atomic E-state index is 13.9. The molecular weight excluding hydrogens is 501 g/mol. The van der Waals surface area contributed by atoms with Crippen LogP contribution in [-0.4, -0.2) is 0 Å². The summed E-state index contributed by atoms with van der Waals surface area (Å²) in [5.74, 6) is -0.240. The van der Waals surface area contributed by atoms with Gasteiger partial charge in [0.05, 0.1) is 0 Å². The highest BCUT2D eigenvalue weighted by Crippen LogP contribution is 2.55. The first kappa shape index (κ1) is 23.9. The number of hydrogen-bond donors (Lipinski definition) is 0. The molecule has 2 heteroatoms. The fraction of sp³-hybridized carbons (Fsp3) is 0.0769. The van der Waals surface area contributed by atoms with Crippen molar-refractivity contribution in [1.82, 2.24) is 0 Å². The third-order valence-corrected chi connectivity index (χ3v) is 8.82. The molecule has 8 rings (SSSR count). The first-order chi connectivity index (χ1) is 20.0. The van der Waals surface area contributed by atoms with Gasteiger partial charge >= 0.3 is 0 Å². The lowest BCUT2D eigenvalue weighted by atomic mass is 9.79. The zero-order valence-electron chi connectivity index (χ0n) is 23.0. The average molecular weight is 530 g/mol. The highest BCUT2D eigenvalue weighted by atomic mass is 19.1. The largest absolute Gasteiger partial charge is 0.310 e. The van der Waals surface area contributed by atoms with Crippen LogP contribution in [0.1, 0.15) is 25.0 Å². The highest BCUT2D eigenvalue weighted by molar-refractivity contribution is 6.19. The van der Waals surface area contributed by atoms with Crippen LogP contribution >= 0.6 is 0 Å². The predicted octanol–water partition coefficient (Wildman–Crippen LogP) is 11.1. The zero-order valence-corrected chi connectivity index (χ0v) is 23.0. The van der Waals surface area contributed by atoms with Crippen LogP contribution in [0, 0.1) is 5.82 Å². The van der Waals surface area contributed by atoms with Gasteiger partial charge in [-0.2, -0.15) is 0 Å². The summed E-state index contributed by atoms with van der Waals surface area (Å²) in [7, 11) is 0. The molecule has 41 heavy (non-hydrogen) atoms. The molecule has 0 unspecified atom stereocenters. The number of hydrogen-bond acceptors (Lipinski definition) is 1. The van der Waals surface area contributed by atoms with Gasteiger partial charge in [0.15, 0.2) is 0 Å². The van der Waals surface area contributed by atoms with Crippen LogP contribution in [-0.2, 0) is 5.41 Å². The molecule has 0 N–H and O–H groups in total. The van der Waals surface area contributed by atoms with Crippen molar-refractivity contribution in [2.75, 3.05) is 4.90 Å². The second kappa shape index (κ2) is 8.78. The van der Waals surface area contributed by atoms with Gasteiger partial charge in [0.1, 0.15) is 5.82 Å². The third kappa shape index (κ3) is 3.54. The molecular formula is C39H28FN. The summed E-state index contributed by atoms with van der Waals surface area (Å²) in [6.07, 6.45) is 0. The molecule has 7 aromatic carbocycles. The molecule has 0 atom stereocenters. The fourth-order valence-electron chi connectivity index (χ4n) is 6.96. The van der Waals surface area contributed by atoms with Crippen LogP contribution in [0.2, 0.25) is 0 Å². The Morgan fingerprint density at radius 1 is 0.512 bits per heavy atom. The minimum atomic E-state index is -0.240. The van der Waals surface area contributed by atoms with Crippen molar-refractivity contribution in [2.45, 2.75) is 19.3 Å². The normalized spacial score (nSPS) is 13.4. The Balaban J connectivity index is 1.44. The highest BCUT2D eigenvalue weighted by Gasteiger charge is 2.38. The fourth-order valence-corrected chi connectivity index (χ4v) is 6.96. The molecule has 0 bridgehead atoms. The molecule has 0 radical (unpaired) electrons. The third-order valence-electron chi connectivity index (χ3n) is 8.82. The number of para-hydroxylation sites is 1. The molecule has 1 aliphatic carbocycles. The Morgan fingerprint density at radius 3 is 1.88 bits per heavy atom. The lowest BCUT2D eigenvalue weighted by molar-refractivity contribution is 0.628. The molecule has 0 spiro atoms. The van der Waals surface area contributed by atoms with E-state index in [2.05, 4.69) is 110 Å². The molecule has 0 fully saturated rings. The van der Waals surface area contributed by atoms with Gasteiger partial charge in [-0.15, -0.1) is 0 Å². The van der Waals surface area contributed by atoms with E-state index in [-0.39, 0.29) is 11.2 Å². The Hall–Kier alpha value is -4.95. The van der Waals surface area contributed by atoms with Gasteiger partial charge in [-0.05, 0) is 115 Å². The maximum atomic E-state index is 13.9. The summed E-state index contributed by atoms with van der Waals surface area (Å²) in [5.41, 5.74) is 8.29. The van der Waals surface area contributed by atoms with Crippen LogP contribution in [0.5, 0.6) is 0 Å². The second-order valence-corrected chi connectivity index (χ2v) is 11.5. The standard InChI is InChI=1S/C39H28FN/c1-39(2)36-23-26-11-7-6-10-25(26)22-35(36)37-32-15-9-8-14-31(32)34-24-30(20-21-33(34)38(37)39)41(28-12-4-3-5-13-28)29-18-16-27(40)17-19-29/h3-24H,1-2H3. The van der Waals surface area contributed by atoms with Crippen molar-refractivity contribution in [3.8, 4) is 11.1 Å². The number of benzene rings is 7. The van der Waals surface area contributed by atoms with E-state index in [9.17, 15) is 4.39 Å². The van der Waals surface area contributed by atoms with Crippen LogP contribution in [0.3, 0.4) is 0 Å². The van der Waals surface area contributed by atoms with Crippen LogP contribution in [0.25, 0.3) is 43.4 Å². The second-order valence-electron chi connectivity index (χ2n) is 11.5. The van der Waals surface area contributed by atoms with Crippen LogP contribution in [0.15, 0.2) is 133 Å². The summed E-state index contributed by atoms with van der Waals surface area (Å²) in [5, 5.41) is 7.58. The number of halogens is 1. The van der Waals surface area contributed by atoms with Gasteiger partial charge in [-0.25, -0.2) is 4.39 Å². The monoisotopic (exact) mass is 529 g/mol. The Morgan fingerprint density at radius 2 is 1.12 bits per heavy atom. The molecule has 7 aromatic rings. The van der Waals surface area contributed by atoms with Crippen molar-refractivity contribution >= 4 is 49.4 Å². The lowest BCUT2D eigenvalue weighted by Gasteiger charge is -2.27. The van der Waals surface area contributed by atoms with Crippen molar-refractivity contribution in [3.63, 3.8) is 0 Å². The van der Waals surface area contributed by atoms with E-state index < -0.39 is 0 Å². The predicted molar refractivity (Wildman–Crippen MR) is 171 cm³/mol. The Labute approximate surface area is 239 Å². The van der Waals surface area contributed by atoms with E-state index in [1.54, 1.807) is 0 Å². The molecule has 0 heterocycles. The average Bonchev–Trinajstić information content (AvgIpc) is 3.24. The molecule has 0 saturated carbocycles. The zero-order chi connectivity index (χ0) is 27.7. The van der Waals surface area contributed by atoms with Crippen LogP contribution < -0.4 is 4.90 Å².